The van der Waals surface area contributed by atoms with E-state index in [0.29, 0.717) is 4.77 Å². The first-order chi connectivity index (χ1) is 12.1. The van der Waals surface area contributed by atoms with Gasteiger partial charge in [-0.3, -0.25) is 5.43 Å². The first-order valence-electron chi connectivity index (χ1n) is 8.26. The van der Waals surface area contributed by atoms with E-state index in [1.165, 1.54) is 21.9 Å². The minimum atomic E-state index is 0.643. The van der Waals surface area contributed by atoms with Crippen LogP contribution in [0.25, 0.3) is 22.0 Å². The number of H-pyrrole nitrogens is 1. The summed E-state index contributed by atoms with van der Waals surface area (Å²) in [4.78, 5) is 3.15. The van der Waals surface area contributed by atoms with E-state index in [9.17, 15) is 0 Å². The maximum absolute atomic E-state index is 5.49. The van der Waals surface area contributed by atoms with Gasteiger partial charge in [-0.1, -0.05) is 48.5 Å². The Bertz CT molecular complexity index is 1120. The van der Waals surface area contributed by atoms with Crippen molar-refractivity contribution in [3.63, 3.8) is 0 Å². The molecule has 25 heavy (non-hydrogen) atoms. The molecular weight excluding hydrogens is 326 g/mol. The Morgan fingerprint density at radius 2 is 1.72 bits per heavy atom. The second-order valence-electron chi connectivity index (χ2n) is 6.24. The largest absolute Gasteiger partial charge is 0.335 e. The molecule has 4 rings (SSSR count). The molecule has 0 bridgehead atoms. The monoisotopic (exact) mass is 345 g/mol. The van der Waals surface area contributed by atoms with E-state index >= 15 is 0 Å². The molecule has 0 saturated heterocycles. The predicted molar refractivity (Wildman–Crippen MR) is 107 cm³/mol. The number of aromatic amines is 1. The van der Waals surface area contributed by atoms with Crippen LogP contribution in [0.2, 0.25) is 0 Å². The van der Waals surface area contributed by atoms with Crippen molar-refractivity contribution in [2.75, 3.05) is 5.43 Å². The van der Waals surface area contributed by atoms with Gasteiger partial charge in [-0.2, -0.15) is 0 Å². The molecule has 1 aromatic heterocycles. The lowest BCUT2D eigenvalue weighted by atomic mass is 10.1. The topological polar surface area (TPSA) is 32.8 Å². The zero-order valence-corrected chi connectivity index (χ0v) is 15.0. The second kappa shape index (κ2) is 6.22. The lowest BCUT2D eigenvalue weighted by Gasteiger charge is -2.15. The van der Waals surface area contributed by atoms with E-state index in [4.69, 9.17) is 12.2 Å². The van der Waals surface area contributed by atoms with Crippen molar-refractivity contribution in [3.05, 3.63) is 82.8 Å². The van der Waals surface area contributed by atoms with Crippen molar-refractivity contribution in [1.29, 1.82) is 0 Å². The van der Waals surface area contributed by atoms with Gasteiger partial charge in [0.2, 0.25) is 0 Å². The number of imidazole rings is 1. The van der Waals surface area contributed by atoms with Gasteiger partial charge in [-0.05, 0) is 60.1 Å². The maximum Gasteiger partial charge on any atom is 0.196 e. The average molecular weight is 345 g/mol. The molecule has 0 amide bonds. The molecule has 0 atom stereocenters. The van der Waals surface area contributed by atoms with Crippen LogP contribution in [-0.4, -0.2) is 9.66 Å². The fourth-order valence-corrected chi connectivity index (χ4v) is 3.24. The van der Waals surface area contributed by atoms with Crippen molar-refractivity contribution >= 4 is 28.7 Å². The van der Waals surface area contributed by atoms with Crippen LogP contribution in [0.4, 0.5) is 5.69 Å². The summed E-state index contributed by atoms with van der Waals surface area (Å²) in [6, 6.07) is 21.1. The van der Waals surface area contributed by atoms with Gasteiger partial charge in [0.1, 0.15) is 0 Å². The quantitative estimate of drug-likeness (QED) is 0.456. The smallest absolute Gasteiger partial charge is 0.196 e. The highest BCUT2D eigenvalue weighted by Crippen LogP contribution is 2.26. The summed E-state index contributed by atoms with van der Waals surface area (Å²) in [5.74, 6) is 0. The van der Waals surface area contributed by atoms with Crippen LogP contribution in [-0.2, 0) is 0 Å². The van der Waals surface area contributed by atoms with E-state index in [1.54, 1.807) is 0 Å². The molecule has 0 spiro atoms. The minimum Gasteiger partial charge on any atom is -0.335 e. The lowest BCUT2D eigenvalue weighted by molar-refractivity contribution is 0.938. The van der Waals surface area contributed by atoms with Gasteiger partial charge >= 0.3 is 0 Å². The Balaban J connectivity index is 1.81. The molecule has 124 valence electrons. The van der Waals surface area contributed by atoms with E-state index in [2.05, 4.69) is 84.9 Å². The lowest BCUT2D eigenvalue weighted by Crippen LogP contribution is -2.12. The van der Waals surface area contributed by atoms with Crippen LogP contribution in [0, 0.1) is 18.6 Å². The van der Waals surface area contributed by atoms with Gasteiger partial charge in [-0.25, -0.2) is 4.68 Å². The molecule has 0 aliphatic heterocycles. The van der Waals surface area contributed by atoms with Crippen molar-refractivity contribution in [2.24, 2.45) is 0 Å². The molecule has 0 aliphatic rings. The van der Waals surface area contributed by atoms with E-state index in [1.807, 2.05) is 10.9 Å². The Morgan fingerprint density at radius 1 is 0.920 bits per heavy atom. The zero-order valence-electron chi connectivity index (χ0n) is 14.2. The summed E-state index contributed by atoms with van der Waals surface area (Å²) in [6.45, 7) is 4.23. The first-order valence-corrected chi connectivity index (χ1v) is 8.67. The van der Waals surface area contributed by atoms with Crippen molar-refractivity contribution in [3.8, 4) is 11.3 Å². The molecule has 2 N–H and O–H groups in total. The van der Waals surface area contributed by atoms with Crippen LogP contribution < -0.4 is 5.43 Å². The van der Waals surface area contributed by atoms with E-state index in [-0.39, 0.29) is 0 Å². The van der Waals surface area contributed by atoms with Gasteiger partial charge in [-0.15, -0.1) is 0 Å². The molecule has 4 heteroatoms. The maximum atomic E-state index is 5.49. The highest BCUT2D eigenvalue weighted by Gasteiger charge is 2.09. The van der Waals surface area contributed by atoms with Gasteiger partial charge in [0.25, 0.3) is 0 Å². The predicted octanol–water partition coefficient (Wildman–Crippen LogP) is 5.86. The van der Waals surface area contributed by atoms with Crippen molar-refractivity contribution in [1.82, 2.24) is 9.66 Å². The third-order valence-electron chi connectivity index (χ3n) is 4.66. The number of nitrogens with zero attached hydrogens (tertiary/aromatic N) is 1. The van der Waals surface area contributed by atoms with Crippen LogP contribution in [0.15, 0.2) is 66.9 Å². The SMILES string of the molecule is Cc1cccc(Nn2c(-c3ccc4ccccc4c3)c[nH]c2=S)c1C. The number of anilines is 1. The highest BCUT2D eigenvalue weighted by atomic mass is 32.1. The molecule has 0 aliphatic carbocycles. The Morgan fingerprint density at radius 3 is 2.56 bits per heavy atom. The summed E-state index contributed by atoms with van der Waals surface area (Å²) in [7, 11) is 0. The summed E-state index contributed by atoms with van der Waals surface area (Å²) in [6.07, 6.45) is 1.95. The zero-order chi connectivity index (χ0) is 17.4. The number of rotatable bonds is 3. The van der Waals surface area contributed by atoms with E-state index < -0.39 is 0 Å². The average Bonchev–Trinajstić information content (AvgIpc) is 2.99. The fraction of sp³-hybridized carbons (Fsp3) is 0.0952. The summed E-state index contributed by atoms with van der Waals surface area (Å²) in [5, 5.41) is 2.44. The van der Waals surface area contributed by atoms with Gasteiger partial charge < -0.3 is 4.98 Å². The summed E-state index contributed by atoms with van der Waals surface area (Å²) < 4.78 is 2.57. The van der Waals surface area contributed by atoms with Gasteiger partial charge in [0.15, 0.2) is 4.77 Å². The highest BCUT2D eigenvalue weighted by molar-refractivity contribution is 7.71. The molecule has 3 nitrogen and oxygen atoms in total. The Labute approximate surface area is 151 Å². The van der Waals surface area contributed by atoms with Gasteiger partial charge in [0.05, 0.1) is 11.4 Å². The van der Waals surface area contributed by atoms with E-state index in [0.717, 1.165) is 16.9 Å². The molecule has 1 heterocycles. The Kier molecular flexibility index (Phi) is 3.90. The summed E-state index contributed by atoms with van der Waals surface area (Å²) >= 11 is 5.49. The number of hydrogen-bond acceptors (Lipinski definition) is 2. The molecule has 0 unspecified atom stereocenters. The van der Waals surface area contributed by atoms with Gasteiger partial charge in [0, 0.05) is 11.8 Å². The number of benzene rings is 3. The Hall–Kier alpha value is -2.85. The molecule has 0 fully saturated rings. The third-order valence-corrected chi connectivity index (χ3v) is 4.96. The van der Waals surface area contributed by atoms with Crippen LogP contribution in [0.5, 0.6) is 0 Å². The number of aromatic nitrogens is 2. The van der Waals surface area contributed by atoms with Crippen LogP contribution >= 0.6 is 12.2 Å². The summed E-state index contributed by atoms with van der Waals surface area (Å²) in [5.41, 5.74) is 9.10. The number of hydrogen-bond donors (Lipinski definition) is 2. The fourth-order valence-electron chi connectivity index (χ4n) is 3.03. The van der Waals surface area contributed by atoms with Crippen molar-refractivity contribution < 1.29 is 0 Å². The second-order valence-corrected chi connectivity index (χ2v) is 6.62. The minimum absolute atomic E-state index is 0.643. The number of aryl methyl sites for hydroxylation is 1. The third kappa shape index (κ3) is 2.85. The van der Waals surface area contributed by atoms with Crippen molar-refractivity contribution in [2.45, 2.75) is 13.8 Å². The van der Waals surface area contributed by atoms with Crippen LogP contribution in [0.3, 0.4) is 0 Å². The molecular formula is C21H19N3S. The normalized spacial score (nSPS) is 11.0. The standard InChI is InChI=1S/C21H19N3S/c1-14-6-5-9-19(15(14)2)23-24-20(13-22-21(24)25)18-11-10-16-7-3-4-8-17(16)12-18/h3-13,23H,1-2H3,(H,22,25). The first kappa shape index (κ1) is 15.7. The molecule has 0 saturated carbocycles. The number of fused-ring (bicyclic) bond motifs is 1. The molecule has 3 aromatic carbocycles. The van der Waals surface area contributed by atoms with Crippen LogP contribution in [0.1, 0.15) is 11.1 Å². The molecule has 4 aromatic rings. The number of nitrogens with one attached hydrogen (secondary N) is 2. The molecule has 0 radical (unpaired) electrons.